The Hall–Kier alpha value is -1.94. The molecule has 0 rings (SSSR count). The predicted octanol–water partition coefficient (Wildman–Crippen LogP) is 20.8. The van der Waals surface area contributed by atoms with Gasteiger partial charge in [0.2, 0.25) is 0 Å². The number of carbonyl (C=O) groups is 4. The van der Waals surface area contributed by atoms with E-state index in [2.05, 4.69) is 41.5 Å². The highest BCUT2D eigenvalue weighted by Gasteiger charge is 2.30. The SMILES string of the molecule is CCCCCCCCCCCCCCCC(=O)OC[C@H](COP(=O)(O)OC[C@@H](O)COP(=O)(O)OC[C@@H](COC(=O)CCCCCCCCCC(C)C)OC(=O)CCCCCCCCCCCCCCC)OC(=O)CCCCCCCCCCCCCCC(C)C. The molecule has 17 nitrogen and oxygen atoms in total. The van der Waals surface area contributed by atoms with Gasteiger partial charge in [-0.15, -0.1) is 0 Å². The molecule has 19 heteroatoms. The zero-order valence-electron chi connectivity index (χ0n) is 59.1. The van der Waals surface area contributed by atoms with Crippen molar-refractivity contribution in [1.29, 1.82) is 0 Å². The minimum atomic E-state index is -4.95. The second kappa shape index (κ2) is 64.1. The second-order valence-electron chi connectivity index (χ2n) is 26.9. The molecule has 5 atom stereocenters. The molecular weight excluding hydrogens is 1200 g/mol. The topological polar surface area (TPSA) is 237 Å². The van der Waals surface area contributed by atoms with E-state index in [0.717, 1.165) is 102 Å². The van der Waals surface area contributed by atoms with Crippen LogP contribution in [-0.2, 0) is 65.4 Å². The molecule has 0 aromatic rings. The first-order valence-corrected chi connectivity index (χ1v) is 40.5. The highest BCUT2D eigenvalue weighted by molar-refractivity contribution is 7.47. The lowest BCUT2D eigenvalue weighted by Gasteiger charge is -2.21. The van der Waals surface area contributed by atoms with Crippen molar-refractivity contribution < 1.29 is 80.2 Å². The standard InChI is InChI=1S/C72H140O17P2/c1-7-9-11-13-15-17-19-21-26-30-36-42-48-54-69(74)82-60-67(88-72(77)57-51-45-38-32-28-24-23-25-29-34-40-46-52-64(3)4)62-86-90(78,79)84-58-66(73)59-85-91(80,81)87-63-68(61-83-70(75)55-49-43-39-33-35-41-47-53-65(5)6)89-71(76)56-50-44-37-31-27-22-20-18-16-14-12-10-8-2/h64-68,73H,7-63H2,1-6H3,(H,78,79)(H,80,81)/t66-,67-,68-/m1/s1. The van der Waals surface area contributed by atoms with Crippen LogP contribution in [0, 0.1) is 11.8 Å². The first-order chi connectivity index (χ1) is 43.9. The van der Waals surface area contributed by atoms with Crippen LogP contribution < -0.4 is 0 Å². The lowest BCUT2D eigenvalue weighted by atomic mass is 10.0. The van der Waals surface area contributed by atoms with Crippen LogP contribution in [0.4, 0.5) is 0 Å². The van der Waals surface area contributed by atoms with E-state index < -0.39 is 97.5 Å². The Kier molecular flexibility index (Phi) is 62.7. The Morgan fingerprint density at radius 1 is 0.297 bits per heavy atom. The number of aliphatic hydroxyl groups is 1. The van der Waals surface area contributed by atoms with Crippen molar-refractivity contribution in [3.8, 4) is 0 Å². The van der Waals surface area contributed by atoms with Crippen molar-refractivity contribution in [3.05, 3.63) is 0 Å². The zero-order chi connectivity index (χ0) is 67.2. The third kappa shape index (κ3) is 66.5. The fourth-order valence-electron chi connectivity index (χ4n) is 10.9. The van der Waals surface area contributed by atoms with Gasteiger partial charge in [0.05, 0.1) is 26.4 Å². The van der Waals surface area contributed by atoms with Gasteiger partial charge in [-0.1, -0.05) is 318 Å². The quantitative estimate of drug-likeness (QED) is 0.0222. The summed E-state index contributed by atoms with van der Waals surface area (Å²) in [4.78, 5) is 72.6. The molecule has 0 aromatic carbocycles. The number of hydrogen-bond acceptors (Lipinski definition) is 15. The van der Waals surface area contributed by atoms with E-state index in [1.807, 2.05) is 0 Å². The van der Waals surface area contributed by atoms with E-state index in [1.165, 1.54) is 180 Å². The van der Waals surface area contributed by atoms with E-state index in [1.54, 1.807) is 0 Å². The molecule has 0 aliphatic rings. The van der Waals surface area contributed by atoms with Crippen LogP contribution in [0.3, 0.4) is 0 Å². The highest BCUT2D eigenvalue weighted by atomic mass is 31.2. The van der Waals surface area contributed by atoms with Crippen molar-refractivity contribution >= 4 is 39.5 Å². The van der Waals surface area contributed by atoms with Crippen molar-refractivity contribution in [2.45, 2.75) is 387 Å². The van der Waals surface area contributed by atoms with Gasteiger partial charge in [0, 0.05) is 25.7 Å². The van der Waals surface area contributed by atoms with Crippen LogP contribution in [0.1, 0.15) is 369 Å². The summed E-state index contributed by atoms with van der Waals surface area (Å²) in [5.74, 6) is -0.638. The van der Waals surface area contributed by atoms with Crippen LogP contribution in [0.15, 0.2) is 0 Å². The number of hydrogen-bond donors (Lipinski definition) is 3. The number of aliphatic hydroxyl groups excluding tert-OH is 1. The molecular formula is C72H140O17P2. The van der Waals surface area contributed by atoms with Gasteiger partial charge in [-0.05, 0) is 37.5 Å². The molecule has 0 aliphatic heterocycles. The van der Waals surface area contributed by atoms with Gasteiger partial charge < -0.3 is 33.8 Å². The van der Waals surface area contributed by atoms with Gasteiger partial charge in [0.1, 0.15) is 19.3 Å². The normalized spacial score (nSPS) is 14.1. The molecule has 0 aliphatic carbocycles. The Morgan fingerprint density at radius 2 is 0.505 bits per heavy atom. The summed E-state index contributed by atoms with van der Waals surface area (Å²) in [6.45, 7) is 9.53. The molecule has 0 fully saturated rings. The Labute approximate surface area is 556 Å². The Balaban J connectivity index is 5.25. The summed E-state index contributed by atoms with van der Waals surface area (Å²) in [5, 5.41) is 10.6. The average molecular weight is 1340 g/mol. The van der Waals surface area contributed by atoms with Gasteiger partial charge in [-0.3, -0.25) is 37.3 Å². The van der Waals surface area contributed by atoms with E-state index >= 15 is 0 Å². The number of carbonyl (C=O) groups excluding carboxylic acids is 4. The summed E-state index contributed by atoms with van der Waals surface area (Å²) in [5.41, 5.74) is 0. The van der Waals surface area contributed by atoms with Crippen LogP contribution in [-0.4, -0.2) is 96.7 Å². The summed E-state index contributed by atoms with van der Waals surface area (Å²) in [7, 11) is -9.90. The smallest absolute Gasteiger partial charge is 0.462 e. The Morgan fingerprint density at radius 3 is 0.747 bits per heavy atom. The zero-order valence-corrected chi connectivity index (χ0v) is 60.9. The molecule has 91 heavy (non-hydrogen) atoms. The largest absolute Gasteiger partial charge is 0.472 e. The molecule has 3 N–H and O–H groups in total. The van der Waals surface area contributed by atoms with Gasteiger partial charge >= 0.3 is 39.5 Å². The van der Waals surface area contributed by atoms with Crippen molar-refractivity contribution in [2.75, 3.05) is 39.6 Å². The average Bonchev–Trinajstić information content (AvgIpc) is 3.51. The van der Waals surface area contributed by atoms with Gasteiger partial charge in [-0.25, -0.2) is 9.13 Å². The second-order valence-corrected chi connectivity index (χ2v) is 29.8. The van der Waals surface area contributed by atoms with Gasteiger partial charge in [0.25, 0.3) is 0 Å². The van der Waals surface area contributed by atoms with E-state index in [0.29, 0.717) is 31.6 Å². The molecule has 0 amide bonds. The number of rotatable bonds is 71. The van der Waals surface area contributed by atoms with Crippen LogP contribution in [0.25, 0.3) is 0 Å². The first-order valence-electron chi connectivity index (χ1n) is 37.5. The van der Waals surface area contributed by atoms with Crippen molar-refractivity contribution in [1.82, 2.24) is 0 Å². The van der Waals surface area contributed by atoms with E-state index in [9.17, 15) is 43.2 Å². The summed E-state index contributed by atoms with van der Waals surface area (Å²) in [6.07, 6.45) is 49.9. The van der Waals surface area contributed by atoms with Crippen LogP contribution in [0.5, 0.6) is 0 Å². The molecule has 0 heterocycles. The van der Waals surface area contributed by atoms with Gasteiger partial charge in [-0.2, -0.15) is 0 Å². The summed E-state index contributed by atoms with van der Waals surface area (Å²) >= 11 is 0. The predicted molar refractivity (Wildman–Crippen MR) is 368 cm³/mol. The third-order valence-electron chi connectivity index (χ3n) is 16.7. The summed E-state index contributed by atoms with van der Waals surface area (Å²) < 4.78 is 68.4. The van der Waals surface area contributed by atoms with E-state index in [4.69, 9.17) is 37.0 Å². The molecule has 0 radical (unpaired) electrons. The third-order valence-corrected chi connectivity index (χ3v) is 18.6. The van der Waals surface area contributed by atoms with Crippen molar-refractivity contribution in [2.24, 2.45) is 11.8 Å². The fourth-order valence-corrected chi connectivity index (χ4v) is 12.5. The maximum atomic E-state index is 13.0. The molecule has 540 valence electrons. The lowest BCUT2D eigenvalue weighted by molar-refractivity contribution is -0.161. The molecule has 2 unspecified atom stereocenters. The first kappa shape index (κ1) is 89.1. The van der Waals surface area contributed by atoms with Crippen LogP contribution >= 0.6 is 15.6 Å². The number of phosphoric acid groups is 2. The molecule has 0 aromatic heterocycles. The minimum Gasteiger partial charge on any atom is -0.462 e. The number of phosphoric ester groups is 2. The monoisotopic (exact) mass is 1340 g/mol. The number of esters is 4. The van der Waals surface area contributed by atoms with Crippen LogP contribution in [0.2, 0.25) is 0 Å². The fraction of sp³-hybridized carbons (Fsp3) is 0.944. The molecule has 0 saturated heterocycles. The lowest BCUT2D eigenvalue weighted by Crippen LogP contribution is -2.30. The van der Waals surface area contributed by atoms with E-state index in [-0.39, 0.29) is 25.7 Å². The molecule has 0 bridgehead atoms. The maximum Gasteiger partial charge on any atom is 0.472 e. The highest BCUT2D eigenvalue weighted by Crippen LogP contribution is 2.45. The number of ether oxygens (including phenoxy) is 4. The minimum absolute atomic E-state index is 0.107. The maximum absolute atomic E-state index is 13.0. The summed E-state index contributed by atoms with van der Waals surface area (Å²) in [6, 6.07) is 0. The van der Waals surface area contributed by atoms with Crippen molar-refractivity contribution in [3.63, 3.8) is 0 Å². The number of unbranched alkanes of at least 4 members (excludes halogenated alkanes) is 41. The molecule has 0 saturated carbocycles. The molecule has 0 spiro atoms. The van der Waals surface area contributed by atoms with Gasteiger partial charge in [0.15, 0.2) is 12.2 Å². The Bertz CT molecular complexity index is 1770.